The number of rotatable bonds is 7. The van der Waals surface area contributed by atoms with Crippen molar-refractivity contribution in [3.8, 4) is 0 Å². The number of hydrogen-bond acceptors (Lipinski definition) is 3. The highest BCUT2D eigenvalue weighted by molar-refractivity contribution is 5.80. The van der Waals surface area contributed by atoms with Crippen molar-refractivity contribution < 1.29 is 13.9 Å². The van der Waals surface area contributed by atoms with Crippen LogP contribution in [0.3, 0.4) is 0 Å². The summed E-state index contributed by atoms with van der Waals surface area (Å²) in [6.45, 7) is 3.72. The molecule has 3 rings (SSSR count). The van der Waals surface area contributed by atoms with Crippen LogP contribution >= 0.6 is 0 Å². The van der Waals surface area contributed by atoms with Crippen LogP contribution in [0.25, 0.3) is 0 Å². The molecular formula is C19H27FN4O2. The molecule has 2 bridgehead atoms. The number of carbonyl (C=O) groups excluding carboxylic acids is 1. The predicted molar refractivity (Wildman–Crippen MR) is 98.5 cm³/mol. The third kappa shape index (κ3) is 5.17. The highest BCUT2D eigenvalue weighted by atomic mass is 19.1. The minimum absolute atomic E-state index is 0.134. The van der Waals surface area contributed by atoms with Gasteiger partial charge in [0.15, 0.2) is 5.96 Å². The highest BCUT2D eigenvalue weighted by Gasteiger charge is 2.41. The van der Waals surface area contributed by atoms with Gasteiger partial charge >= 0.3 is 0 Å². The zero-order valence-corrected chi connectivity index (χ0v) is 15.1. The van der Waals surface area contributed by atoms with Crippen LogP contribution < -0.4 is 16.0 Å². The lowest BCUT2D eigenvalue weighted by Gasteiger charge is -2.22. The van der Waals surface area contributed by atoms with Gasteiger partial charge in [0, 0.05) is 13.1 Å². The average Bonchev–Trinajstić information content (AvgIpc) is 3.22. The Morgan fingerprint density at radius 2 is 2.23 bits per heavy atom. The second-order valence-electron chi connectivity index (χ2n) is 6.78. The summed E-state index contributed by atoms with van der Waals surface area (Å²) in [5, 5.41) is 9.49. The fraction of sp³-hybridized carbons (Fsp3) is 0.579. The van der Waals surface area contributed by atoms with Gasteiger partial charge in [-0.3, -0.25) is 9.79 Å². The fourth-order valence-corrected chi connectivity index (χ4v) is 3.54. The van der Waals surface area contributed by atoms with E-state index in [1.807, 2.05) is 6.92 Å². The zero-order chi connectivity index (χ0) is 18.4. The van der Waals surface area contributed by atoms with Crippen molar-refractivity contribution in [2.24, 2.45) is 4.99 Å². The number of guanidine groups is 1. The van der Waals surface area contributed by atoms with Gasteiger partial charge in [0.05, 0.1) is 31.2 Å². The molecule has 0 spiro atoms. The summed E-state index contributed by atoms with van der Waals surface area (Å²) in [6, 6.07) is 6.41. The molecule has 1 amide bonds. The maximum atomic E-state index is 13.1. The number of carbonyl (C=O) groups is 1. The number of hydrogen-bond donors (Lipinski definition) is 3. The van der Waals surface area contributed by atoms with Crippen molar-refractivity contribution in [3.05, 3.63) is 35.6 Å². The molecule has 7 heteroatoms. The average molecular weight is 362 g/mol. The van der Waals surface area contributed by atoms with Gasteiger partial charge in [-0.15, -0.1) is 0 Å². The van der Waals surface area contributed by atoms with Crippen molar-refractivity contribution in [3.63, 3.8) is 0 Å². The molecular weight excluding hydrogens is 335 g/mol. The summed E-state index contributed by atoms with van der Waals surface area (Å²) < 4.78 is 19.0. The lowest BCUT2D eigenvalue weighted by Crippen LogP contribution is -2.47. The maximum absolute atomic E-state index is 13.1. The van der Waals surface area contributed by atoms with E-state index < -0.39 is 0 Å². The fourth-order valence-electron chi connectivity index (χ4n) is 3.54. The van der Waals surface area contributed by atoms with Crippen molar-refractivity contribution in [2.75, 3.05) is 19.6 Å². The van der Waals surface area contributed by atoms with Gasteiger partial charge in [0.2, 0.25) is 5.91 Å². The van der Waals surface area contributed by atoms with Gasteiger partial charge in [0.25, 0.3) is 0 Å². The summed E-state index contributed by atoms with van der Waals surface area (Å²) >= 11 is 0. The van der Waals surface area contributed by atoms with Crippen molar-refractivity contribution in [1.82, 2.24) is 16.0 Å². The lowest BCUT2D eigenvalue weighted by molar-refractivity contribution is -0.120. The molecule has 0 aromatic heterocycles. The number of halogens is 1. The first-order valence-electron chi connectivity index (χ1n) is 9.35. The van der Waals surface area contributed by atoms with Crippen LogP contribution in [0.2, 0.25) is 0 Å². The molecule has 0 saturated carbocycles. The molecule has 26 heavy (non-hydrogen) atoms. The molecule has 3 atom stereocenters. The molecule has 3 unspecified atom stereocenters. The van der Waals surface area contributed by atoms with Gasteiger partial charge < -0.3 is 20.7 Å². The van der Waals surface area contributed by atoms with Crippen LogP contribution in [0, 0.1) is 5.82 Å². The minimum atomic E-state index is -0.328. The Labute approximate surface area is 153 Å². The summed E-state index contributed by atoms with van der Waals surface area (Å²) in [5.74, 6) is 0.296. The zero-order valence-electron chi connectivity index (χ0n) is 15.1. The predicted octanol–water partition coefficient (Wildman–Crippen LogP) is 1.36. The van der Waals surface area contributed by atoms with Crippen LogP contribution in [0.15, 0.2) is 29.3 Å². The van der Waals surface area contributed by atoms with Gasteiger partial charge in [-0.25, -0.2) is 4.39 Å². The summed E-state index contributed by atoms with van der Waals surface area (Å²) in [5.41, 5.74) is 0.664. The van der Waals surface area contributed by atoms with E-state index in [1.165, 1.54) is 12.1 Å². The van der Waals surface area contributed by atoms with Crippen LogP contribution in [0.1, 0.15) is 31.7 Å². The molecule has 2 saturated heterocycles. The molecule has 0 aliphatic carbocycles. The topological polar surface area (TPSA) is 74.8 Å². The molecule has 2 heterocycles. The van der Waals surface area contributed by atoms with Crippen molar-refractivity contribution in [2.45, 2.75) is 50.9 Å². The minimum Gasteiger partial charge on any atom is -0.373 e. The SMILES string of the molecule is CCNC(=NCCNC(=O)Cc1cccc(F)c1)NC1CC2CCC1O2. The Balaban J connectivity index is 1.41. The molecule has 142 valence electrons. The highest BCUT2D eigenvalue weighted by Crippen LogP contribution is 2.34. The Kier molecular flexibility index (Phi) is 6.44. The van der Waals surface area contributed by atoms with E-state index in [2.05, 4.69) is 20.9 Å². The van der Waals surface area contributed by atoms with Crippen molar-refractivity contribution in [1.29, 1.82) is 0 Å². The quantitative estimate of drug-likeness (QED) is 0.389. The van der Waals surface area contributed by atoms with E-state index in [0.717, 1.165) is 31.8 Å². The van der Waals surface area contributed by atoms with E-state index >= 15 is 0 Å². The first kappa shape index (κ1) is 18.6. The third-order valence-electron chi connectivity index (χ3n) is 4.73. The first-order chi connectivity index (χ1) is 12.6. The van der Waals surface area contributed by atoms with Gasteiger partial charge in [-0.2, -0.15) is 0 Å². The number of nitrogens with one attached hydrogen (secondary N) is 3. The number of nitrogens with zero attached hydrogens (tertiary/aromatic N) is 1. The summed E-state index contributed by atoms with van der Waals surface area (Å²) in [7, 11) is 0. The van der Waals surface area contributed by atoms with Gasteiger partial charge in [-0.05, 0) is 43.9 Å². The van der Waals surface area contributed by atoms with Crippen LogP contribution in [-0.4, -0.2) is 49.8 Å². The van der Waals surface area contributed by atoms with Crippen LogP contribution in [0.4, 0.5) is 4.39 Å². The largest absolute Gasteiger partial charge is 0.373 e. The van der Waals surface area contributed by atoms with Gasteiger partial charge in [-0.1, -0.05) is 12.1 Å². The Hall–Kier alpha value is -2.15. The van der Waals surface area contributed by atoms with Crippen LogP contribution in [0.5, 0.6) is 0 Å². The standard InChI is InChI=1S/C19H27FN4O2/c1-2-21-19(24-16-12-15-6-7-17(16)26-15)23-9-8-22-18(25)11-13-4-3-5-14(20)10-13/h3-5,10,15-17H,2,6-9,11-12H2,1H3,(H,22,25)(H2,21,23,24). The lowest BCUT2D eigenvalue weighted by atomic mass is 9.96. The number of amides is 1. The van der Waals surface area contributed by atoms with Crippen LogP contribution in [-0.2, 0) is 16.0 Å². The monoisotopic (exact) mass is 362 g/mol. The molecule has 1 aromatic rings. The van der Waals surface area contributed by atoms with E-state index in [1.54, 1.807) is 12.1 Å². The number of fused-ring (bicyclic) bond motifs is 2. The van der Waals surface area contributed by atoms with E-state index in [9.17, 15) is 9.18 Å². The number of aliphatic imine (C=N–C) groups is 1. The second-order valence-corrected chi connectivity index (χ2v) is 6.78. The molecule has 2 fully saturated rings. The van der Waals surface area contributed by atoms with E-state index in [0.29, 0.717) is 30.8 Å². The van der Waals surface area contributed by atoms with Crippen molar-refractivity contribution >= 4 is 11.9 Å². The normalized spacial score (nSPS) is 24.5. The van der Waals surface area contributed by atoms with E-state index in [4.69, 9.17) is 4.74 Å². The summed E-state index contributed by atoms with van der Waals surface area (Å²) in [6.07, 6.45) is 4.14. The molecule has 2 aliphatic rings. The third-order valence-corrected chi connectivity index (χ3v) is 4.73. The van der Waals surface area contributed by atoms with Gasteiger partial charge in [0.1, 0.15) is 5.82 Å². The van der Waals surface area contributed by atoms with E-state index in [-0.39, 0.29) is 24.2 Å². The molecule has 0 radical (unpaired) electrons. The number of benzene rings is 1. The maximum Gasteiger partial charge on any atom is 0.224 e. The first-order valence-corrected chi connectivity index (χ1v) is 9.35. The number of ether oxygens (including phenoxy) is 1. The Bertz CT molecular complexity index is 652. The smallest absolute Gasteiger partial charge is 0.224 e. The molecule has 6 nitrogen and oxygen atoms in total. The Morgan fingerprint density at radius 3 is 2.92 bits per heavy atom. The molecule has 3 N–H and O–H groups in total. The molecule has 2 aliphatic heterocycles. The molecule has 1 aromatic carbocycles. The second kappa shape index (κ2) is 8.98. The Morgan fingerprint density at radius 1 is 1.35 bits per heavy atom. The summed E-state index contributed by atoms with van der Waals surface area (Å²) in [4.78, 5) is 16.4.